The minimum absolute atomic E-state index is 0.178. The van der Waals surface area contributed by atoms with Crippen molar-refractivity contribution < 1.29 is 9.50 Å². The molecule has 0 aliphatic carbocycles. The Morgan fingerprint density at radius 1 is 1.05 bits per heavy atom. The Bertz CT molecular complexity index is 1620. The van der Waals surface area contributed by atoms with Gasteiger partial charge in [-0.3, -0.25) is 10.00 Å². The number of hydrogen-bond donors (Lipinski definition) is 3. The molecule has 3 aromatic carbocycles. The Morgan fingerprint density at radius 2 is 1.89 bits per heavy atom. The van der Waals surface area contributed by atoms with Gasteiger partial charge in [0.25, 0.3) is 0 Å². The highest BCUT2D eigenvalue weighted by atomic mass is 19.1. The molecule has 1 aliphatic rings. The van der Waals surface area contributed by atoms with E-state index in [2.05, 4.69) is 56.5 Å². The number of aromatic hydroxyl groups is 1. The first-order valence-corrected chi connectivity index (χ1v) is 13.1. The Morgan fingerprint density at radius 3 is 2.68 bits per heavy atom. The van der Waals surface area contributed by atoms with Crippen molar-refractivity contribution in [2.45, 2.75) is 26.2 Å². The van der Waals surface area contributed by atoms with Gasteiger partial charge in [0, 0.05) is 36.8 Å². The van der Waals surface area contributed by atoms with E-state index >= 15 is 4.39 Å². The van der Waals surface area contributed by atoms with Crippen LogP contribution in [0.15, 0.2) is 72.9 Å². The lowest BCUT2D eigenvalue weighted by molar-refractivity contribution is 0.305. The molecule has 0 radical (unpaired) electrons. The average Bonchev–Trinajstić information content (AvgIpc) is 3.61. The number of phenolic OH excluding ortho intramolecular Hbond substituents is 1. The summed E-state index contributed by atoms with van der Waals surface area (Å²) in [7, 11) is 0. The van der Waals surface area contributed by atoms with E-state index in [1.165, 1.54) is 11.1 Å². The minimum atomic E-state index is -0.362. The molecular weight excluding hydrogens is 477 g/mol. The third-order valence-corrected chi connectivity index (χ3v) is 7.42. The number of fused-ring (bicyclic) bond motifs is 1. The van der Waals surface area contributed by atoms with Crippen LogP contribution in [-0.4, -0.2) is 49.8 Å². The summed E-state index contributed by atoms with van der Waals surface area (Å²) in [4.78, 5) is 10.5. The van der Waals surface area contributed by atoms with Crippen LogP contribution in [-0.2, 0) is 12.8 Å². The number of imidazole rings is 1. The molecular formula is C31H30FN5O. The Kier molecular flexibility index (Phi) is 6.52. The van der Waals surface area contributed by atoms with Crippen molar-refractivity contribution in [2.75, 3.05) is 19.6 Å². The smallest absolute Gasteiger partial charge is 0.159 e. The monoisotopic (exact) mass is 507 g/mol. The highest BCUT2D eigenvalue weighted by Crippen LogP contribution is 2.35. The summed E-state index contributed by atoms with van der Waals surface area (Å²) in [5.41, 5.74) is 6.57. The predicted octanol–water partition coefficient (Wildman–Crippen LogP) is 6.36. The standard InChI is InChI=1S/C31H30FN5O/c1-2-21-18-23(38)8-9-24(21)25-10-11-26-29(28(25)32)35-36-30(26)31-33-19-27(34-31)22-13-16-37(17-14-22)15-12-20-6-4-3-5-7-20/h3-11,13,18-19,38H,2,12,14-17H2,1H3,(H,33,34)(H,35,36). The zero-order valence-corrected chi connectivity index (χ0v) is 21.3. The molecule has 0 atom stereocenters. The summed E-state index contributed by atoms with van der Waals surface area (Å²) >= 11 is 0. The summed E-state index contributed by atoms with van der Waals surface area (Å²) in [6.07, 6.45) is 6.84. The number of nitrogens with one attached hydrogen (secondary N) is 2. The third kappa shape index (κ3) is 4.61. The van der Waals surface area contributed by atoms with Gasteiger partial charge in [0.05, 0.1) is 5.69 Å². The molecule has 0 saturated heterocycles. The number of H-pyrrole nitrogens is 2. The molecule has 0 bridgehead atoms. The van der Waals surface area contributed by atoms with Crippen molar-refractivity contribution in [1.82, 2.24) is 25.1 Å². The van der Waals surface area contributed by atoms with Gasteiger partial charge in [-0.05, 0) is 59.7 Å². The molecule has 5 aromatic rings. The van der Waals surface area contributed by atoms with E-state index in [1.807, 2.05) is 19.2 Å². The maximum atomic E-state index is 15.6. The zero-order valence-electron chi connectivity index (χ0n) is 21.3. The number of aryl methyl sites for hydroxylation is 1. The summed E-state index contributed by atoms with van der Waals surface area (Å²) in [5.74, 6) is 0.432. The summed E-state index contributed by atoms with van der Waals surface area (Å²) in [5, 5.41) is 17.8. The van der Waals surface area contributed by atoms with Gasteiger partial charge in [-0.2, -0.15) is 5.10 Å². The molecule has 38 heavy (non-hydrogen) atoms. The number of phenols is 1. The highest BCUT2D eigenvalue weighted by Gasteiger charge is 2.20. The third-order valence-electron chi connectivity index (χ3n) is 7.42. The van der Waals surface area contributed by atoms with Crippen LogP contribution in [0, 0.1) is 5.82 Å². The predicted molar refractivity (Wildman–Crippen MR) is 149 cm³/mol. The van der Waals surface area contributed by atoms with Gasteiger partial charge in [0.2, 0.25) is 0 Å². The van der Waals surface area contributed by atoms with Crippen LogP contribution >= 0.6 is 0 Å². The fourth-order valence-electron chi connectivity index (χ4n) is 5.27. The van der Waals surface area contributed by atoms with Crippen LogP contribution in [0.3, 0.4) is 0 Å². The number of benzene rings is 3. The molecule has 3 heterocycles. The van der Waals surface area contributed by atoms with Gasteiger partial charge < -0.3 is 10.1 Å². The summed E-state index contributed by atoms with van der Waals surface area (Å²) in [6, 6.07) is 19.3. The van der Waals surface area contributed by atoms with Crippen LogP contribution in [0.4, 0.5) is 4.39 Å². The van der Waals surface area contributed by atoms with E-state index in [0.717, 1.165) is 49.3 Å². The normalized spacial score (nSPS) is 14.2. The second-order valence-corrected chi connectivity index (χ2v) is 9.77. The molecule has 6 rings (SSSR count). The molecule has 0 unspecified atom stereocenters. The molecule has 0 fully saturated rings. The van der Waals surface area contributed by atoms with Gasteiger partial charge in [0.1, 0.15) is 17.0 Å². The minimum Gasteiger partial charge on any atom is -0.508 e. The van der Waals surface area contributed by atoms with Crippen molar-refractivity contribution in [3.63, 3.8) is 0 Å². The van der Waals surface area contributed by atoms with E-state index in [1.54, 1.807) is 24.3 Å². The maximum absolute atomic E-state index is 15.6. The Labute approximate surface area is 220 Å². The van der Waals surface area contributed by atoms with Crippen LogP contribution < -0.4 is 0 Å². The van der Waals surface area contributed by atoms with Crippen LogP contribution in [0.1, 0.15) is 30.2 Å². The Hall–Kier alpha value is -4.23. The average molecular weight is 508 g/mol. The number of aromatic nitrogens is 4. The Balaban J connectivity index is 1.21. The number of hydrogen-bond acceptors (Lipinski definition) is 4. The first-order valence-electron chi connectivity index (χ1n) is 13.1. The lowest BCUT2D eigenvalue weighted by Crippen LogP contribution is -2.30. The number of halogens is 1. The van der Waals surface area contributed by atoms with Crippen LogP contribution in [0.25, 0.3) is 39.1 Å². The summed E-state index contributed by atoms with van der Waals surface area (Å²) in [6.45, 7) is 4.93. The van der Waals surface area contributed by atoms with Gasteiger partial charge in [-0.1, -0.05) is 55.5 Å². The highest BCUT2D eigenvalue weighted by molar-refractivity contribution is 5.95. The molecule has 2 aromatic heterocycles. The fraction of sp³-hybridized carbons (Fsp3) is 0.226. The number of aromatic amines is 2. The fourth-order valence-corrected chi connectivity index (χ4v) is 5.27. The molecule has 7 heteroatoms. The quantitative estimate of drug-likeness (QED) is 0.239. The molecule has 0 spiro atoms. The van der Waals surface area contributed by atoms with E-state index in [4.69, 9.17) is 4.98 Å². The van der Waals surface area contributed by atoms with Crippen molar-refractivity contribution in [1.29, 1.82) is 0 Å². The number of rotatable bonds is 7. The molecule has 192 valence electrons. The van der Waals surface area contributed by atoms with E-state index < -0.39 is 0 Å². The van der Waals surface area contributed by atoms with E-state index in [9.17, 15) is 5.11 Å². The lowest BCUT2D eigenvalue weighted by Gasteiger charge is -2.25. The second kappa shape index (κ2) is 10.3. The maximum Gasteiger partial charge on any atom is 0.159 e. The van der Waals surface area contributed by atoms with Gasteiger partial charge >= 0.3 is 0 Å². The molecule has 1 aliphatic heterocycles. The van der Waals surface area contributed by atoms with Crippen molar-refractivity contribution in [3.05, 3.63) is 95.6 Å². The van der Waals surface area contributed by atoms with Crippen molar-refractivity contribution in [3.8, 4) is 28.4 Å². The largest absolute Gasteiger partial charge is 0.508 e. The zero-order chi connectivity index (χ0) is 26.1. The topological polar surface area (TPSA) is 80.8 Å². The first kappa shape index (κ1) is 24.1. The van der Waals surface area contributed by atoms with Crippen LogP contribution in [0.5, 0.6) is 5.75 Å². The second-order valence-electron chi connectivity index (χ2n) is 9.77. The molecule has 3 N–H and O–H groups in total. The summed E-state index contributed by atoms with van der Waals surface area (Å²) < 4.78 is 15.6. The van der Waals surface area contributed by atoms with Gasteiger partial charge in [0.15, 0.2) is 11.6 Å². The van der Waals surface area contributed by atoms with Crippen LogP contribution in [0.2, 0.25) is 0 Å². The van der Waals surface area contributed by atoms with E-state index in [-0.39, 0.29) is 11.6 Å². The SMILES string of the molecule is CCc1cc(O)ccc1-c1ccc2c(-c3nc(C4=CCN(CCc5ccccc5)CC4)c[nH]3)n[nH]c2c1F. The first-order chi connectivity index (χ1) is 18.6. The van der Waals surface area contributed by atoms with Gasteiger partial charge in [-0.25, -0.2) is 9.37 Å². The lowest BCUT2D eigenvalue weighted by atomic mass is 9.96. The van der Waals surface area contributed by atoms with Crippen molar-refractivity contribution >= 4 is 16.5 Å². The molecule has 0 saturated carbocycles. The molecule has 0 amide bonds. The van der Waals surface area contributed by atoms with Gasteiger partial charge in [-0.15, -0.1) is 0 Å². The number of nitrogens with zero attached hydrogens (tertiary/aromatic N) is 3. The van der Waals surface area contributed by atoms with E-state index in [0.29, 0.717) is 34.4 Å². The van der Waals surface area contributed by atoms with Crippen molar-refractivity contribution in [2.24, 2.45) is 0 Å². The molecule has 6 nitrogen and oxygen atoms in total.